The first-order valence-electron chi connectivity index (χ1n) is 15.0. The second-order valence-electron chi connectivity index (χ2n) is 11.8. The zero-order valence-electron chi connectivity index (χ0n) is 23.5. The van der Waals surface area contributed by atoms with Gasteiger partial charge in [0.1, 0.15) is 0 Å². The van der Waals surface area contributed by atoms with Crippen LogP contribution in [0, 0.1) is 0 Å². The lowest BCUT2D eigenvalue weighted by molar-refractivity contribution is 1.01. The van der Waals surface area contributed by atoms with Gasteiger partial charge in [0.25, 0.3) is 0 Å². The molecule has 0 saturated heterocycles. The van der Waals surface area contributed by atoms with Crippen LogP contribution >= 0.6 is 0 Å². The van der Waals surface area contributed by atoms with Gasteiger partial charge >= 0.3 is 0 Å². The van der Waals surface area contributed by atoms with Crippen molar-refractivity contribution in [1.29, 1.82) is 0 Å². The summed E-state index contributed by atoms with van der Waals surface area (Å²) < 4.78 is 4.79. The molecule has 0 aliphatic rings. The minimum Gasteiger partial charge on any atom is -0.308 e. The molecule has 7 aromatic carbocycles. The van der Waals surface area contributed by atoms with Crippen LogP contribution in [-0.4, -0.2) is 18.9 Å². The Hall–Kier alpha value is -6.00. The quantitative estimate of drug-likeness (QED) is 0.212. The molecule has 11 aromatic rings. The molecule has 4 heterocycles. The monoisotopic (exact) mass is 558 g/mol. The van der Waals surface area contributed by atoms with E-state index in [1.165, 1.54) is 59.6 Å². The molecule has 0 unspecified atom stereocenters. The molecular weight excluding hydrogens is 536 g/mol. The van der Waals surface area contributed by atoms with E-state index >= 15 is 0 Å². The van der Waals surface area contributed by atoms with Gasteiger partial charge in [0, 0.05) is 43.3 Å². The molecule has 0 radical (unpaired) electrons. The number of hydrogen-bond donors (Lipinski definition) is 0. The maximum Gasteiger partial charge on any atom is 0.235 e. The molecule has 0 N–H and O–H groups in total. The Morgan fingerprint density at radius 3 is 1.95 bits per heavy atom. The SMILES string of the molecule is c1ccc(-c2nc(-n3c4ccc5cccc6c5c4c4c5c(ccc7c8ccccc8n6c75)ccc43)nc3ccccc23)cc1. The molecule has 0 amide bonds. The topological polar surface area (TPSA) is 35.1 Å². The van der Waals surface area contributed by atoms with E-state index in [1.807, 2.05) is 6.07 Å². The number of benzene rings is 7. The van der Waals surface area contributed by atoms with Crippen molar-refractivity contribution in [2.75, 3.05) is 0 Å². The average Bonchev–Trinajstić information content (AvgIpc) is 3.56. The van der Waals surface area contributed by atoms with Crippen LogP contribution < -0.4 is 0 Å². The first kappa shape index (κ1) is 22.6. The number of hydrogen-bond acceptors (Lipinski definition) is 2. The Labute approximate surface area is 250 Å². The van der Waals surface area contributed by atoms with E-state index in [0.717, 1.165) is 33.2 Å². The highest BCUT2D eigenvalue weighted by atomic mass is 15.2. The number of aromatic nitrogens is 4. The van der Waals surface area contributed by atoms with Crippen LogP contribution in [0.25, 0.3) is 98.8 Å². The fraction of sp³-hybridized carbons (Fsp3) is 0. The summed E-state index contributed by atoms with van der Waals surface area (Å²) in [5.41, 5.74) is 8.91. The summed E-state index contributed by atoms with van der Waals surface area (Å²) >= 11 is 0. The molecule has 4 aromatic heterocycles. The van der Waals surface area contributed by atoms with E-state index in [2.05, 4.69) is 136 Å². The van der Waals surface area contributed by atoms with Crippen molar-refractivity contribution in [2.24, 2.45) is 0 Å². The summed E-state index contributed by atoms with van der Waals surface area (Å²) in [6.45, 7) is 0. The molecule has 0 saturated carbocycles. The summed E-state index contributed by atoms with van der Waals surface area (Å²) in [6.07, 6.45) is 0. The lowest BCUT2D eigenvalue weighted by Gasteiger charge is -2.12. The Balaban J connectivity index is 1.41. The van der Waals surface area contributed by atoms with E-state index < -0.39 is 0 Å². The highest BCUT2D eigenvalue weighted by Gasteiger charge is 2.25. The summed E-state index contributed by atoms with van der Waals surface area (Å²) in [4.78, 5) is 10.5. The predicted molar refractivity (Wildman–Crippen MR) is 183 cm³/mol. The lowest BCUT2D eigenvalue weighted by Crippen LogP contribution is -2.03. The van der Waals surface area contributed by atoms with Gasteiger partial charge in [0.15, 0.2) is 0 Å². The van der Waals surface area contributed by atoms with Crippen LogP contribution in [0.2, 0.25) is 0 Å². The van der Waals surface area contributed by atoms with Gasteiger partial charge in [-0.05, 0) is 41.1 Å². The third-order valence-electron chi connectivity index (χ3n) is 9.61. The smallest absolute Gasteiger partial charge is 0.235 e. The molecule has 11 rings (SSSR count). The first-order chi connectivity index (χ1) is 21.8. The maximum absolute atomic E-state index is 5.33. The molecule has 0 aliphatic carbocycles. The minimum absolute atomic E-state index is 0.687. The largest absolute Gasteiger partial charge is 0.308 e. The Kier molecular flexibility index (Phi) is 4.04. The maximum atomic E-state index is 5.33. The highest BCUT2D eigenvalue weighted by Crippen LogP contribution is 2.47. The normalized spacial score (nSPS) is 12.5. The summed E-state index contributed by atoms with van der Waals surface area (Å²) in [7, 11) is 0. The second kappa shape index (κ2) is 7.88. The zero-order chi connectivity index (χ0) is 28.5. The third kappa shape index (κ3) is 2.65. The Bertz CT molecular complexity index is 2930. The van der Waals surface area contributed by atoms with Gasteiger partial charge in [-0.15, -0.1) is 0 Å². The molecule has 0 fully saturated rings. The van der Waals surface area contributed by atoms with Crippen LogP contribution in [0.3, 0.4) is 0 Å². The zero-order valence-corrected chi connectivity index (χ0v) is 23.5. The molecule has 0 spiro atoms. The number of nitrogens with zero attached hydrogens (tertiary/aromatic N) is 4. The fourth-order valence-electron chi connectivity index (χ4n) is 7.84. The van der Waals surface area contributed by atoms with Crippen molar-refractivity contribution < 1.29 is 0 Å². The van der Waals surface area contributed by atoms with Crippen LogP contribution in [0.4, 0.5) is 0 Å². The molecule has 44 heavy (non-hydrogen) atoms. The number of fused-ring (bicyclic) bond motifs is 5. The third-order valence-corrected chi connectivity index (χ3v) is 9.61. The van der Waals surface area contributed by atoms with Gasteiger partial charge in [-0.25, -0.2) is 9.97 Å². The van der Waals surface area contributed by atoms with E-state index in [1.54, 1.807) is 0 Å². The highest BCUT2D eigenvalue weighted by molar-refractivity contribution is 6.37. The van der Waals surface area contributed by atoms with Gasteiger partial charge in [0.2, 0.25) is 5.95 Å². The molecule has 0 bridgehead atoms. The van der Waals surface area contributed by atoms with Gasteiger partial charge in [0.05, 0.1) is 38.8 Å². The number of rotatable bonds is 2. The molecule has 4 nitrogen and oxygen atoms in total. The minimum atomic E-state index is 0.687. The first-order valence-corrected chi connectivity index (χ1v) is 15.0. The fourth-order valence-corrected chi connectivity index (χ4v) is 7.84. The van der Waals surface area contributed by atoms with Crippen LogP contribution in [0.5, 0.6) is 0 Å². The van der Waals surface area contributed by atoms with Gasteiger partial charge in [-0.1, -0.05) is 103 Å². The van der Waals surface area contributed by atoms with E-state index in [9.17, 15) is 0 Å². The molecule has 0 aliphatic heterocycles. The van der Waals surface area contributed by atoms with Crippen molar-refractivity contribution >= 4 is 81.6 Å². The Morgan fingerprint density at radius 2 is 1.09 bits per heavy atom. The summed E-state index contributed by atoms with van der Waals surface area (Å²) in [5, 5.41) is 11.2. The van der Waals surface area contributed by atoms with E-state index in [4.69, 9.17) is 9.97 Å². The van der Waals surface area contributed by atoms with Crippen molar-refractivity contribution in [3.8, 4) is 17.2 Å². The van der Waals surface area contributed by atoms with Gasteiger partial charge in [-0.3, -0.25) is 4.57 Å². The van der Waals surface area contributed by atoms with Gasteiger partial charge in [-0.2, -0.15) is 0 Å². The van der Waals surface area contributed by atoms with E-state index in [-0.39, 0.29) is 0 Å². The molecule has 202 valence electrons. The summed E-state index contributed by atoms with van der Waals surface area (Å²) in [5.74, 6) is 0.687. The van der Waals surface area contributed by atoms with Crippen molar-refractivity contribution in [2.45, 2.75) is 0 Å². The van der Waals surface area contributed by atoms with Crippen molar-refractivity contribution in [3.05, 3.63) is 133 Å². The Morgan fingerprint density at radius 1 is 0.409 bits per heavy atom. The van der Waals surface area contributed by atoms with Crippen molar-refractivity contribution in [3.63, 3.8) is 0 Å². The standard InChI is InChI=1S/C40H22N4/c1-2-9-25(10-3-1)38-28-13-4-6-14-29(28)41-40(42-38)44-32-21-18-23-11-8-16-31-34(23)36(32)37-33(44)22-19-24-17-20-27-26-12-5-7-15-30(26)43(31)39(27)35(24)37/h1-22H. The van der Waals surface area contributed by atoms with Crippen LogP contribution in [-0.2, 0) is 0 Å². The number of para-hydroxylation sites is 2. The molecule has 0 atom stereocenters. The van der Waals surface area contributed by atoms with E-state index in [0.29, 0.717) is 5.95 Å². The second-order valence-corrected chi connectivity index (χ2v) is 11.8. The van der Waals surface area contributed by atoms with Crippen LogP contribution in [0.1, 0.15) is 0 Å². The predicted octanol–water partition coefficient (Wildman–Crippen LogP) is 10.1. The summed E-state index contributed by atoms with van der Waals surface area (Å²) in [6, 6.07) is 47.9. The lowest BCUT2D eigenvalue weighted by atomic mass is 9.98. The molecule has 4 heteroatoms. The van der Waals surface area contributed by atoms with Gasteiger partial charge < -0.3 is 4.40 Å². The van der Waals surface area contributed by atoms with Crippen molar-refractivity contribution in [1.82, 2.24) is 18.9 Å². The average molecular weight is 559 g/mol. The molecular formula is C40H22N4. The van der Waals surface area contributed by atoms with Crippen LogP contribution in [0.15, 0.2) is 133 Å².